The summed E-state index contributed by atoms with van der Waals surface area (Å²) in [6, 6.07) is 1.62. The van der Waals surface area contributed by atoms with Crippen LogP contribution in [-0.2, 0) is 0 Å². The first-order valence-corrected chi connectivity index (χ1v) is 7.90. The highest BCUT2D eigenvalue weighted by molar-refractivity contribution is 9.09. The molecular formula is C13H25BrN2. The third-order valence-electron chi connectivity index (χ3n) is 4.35. The monoisotopic (exact) mass is 288 g/mol. The number of fused-ring (bicyclic) bond motifs is 1. The molecule has 0 bridgehead atoms. The minimum Gasteiger partial charge on any atom is -0.298 e. The first-order chi connectivity index (χ1) is 7.74. The smallest absolute Gasteiger partial charge is 0.0224 e. The van der Waals surface area contributed by atoms with Gasteiger partial charge in [0.25, 0.3) is 0 Å². The van der Waals surface area contributed by atoms with Crippen LogP contribution in [0.15, 0.2) is 0 Å². The van der Waals surface area contributed by atoms with Gasteiger partial charge in [-0.3, -0.25) is 9.80 Å². The van der Waals surface area contributed by atoms with Crippen molar-refractivity contribution in [3.05, 3.63) is 0 Å². The average molecular weight is 289 g/mol. The van der Waals surface area contributed by atoms with E-state index in [-0.39, 0.29) is 0 Å². The molecule has 3 atom stereocenters. The Hall–Kier alpha value is 0.400. The molecular weight excluding hydrogens is 264 g/mol. The minimum atomic E-state index is 0.752. The van der Waals surface area contributed by atoms with E-state index in [0.29, 0.717) is 0 Å². The number of hydrogen-bond acceptors (Lipinski definition) is 2. The van der Waals surface area contributed by atoms with Crippen molar-refractivity contribution in [1.82, 2.24) is 9.80 Å². The summed E-state index contributed by atoms with van der Waals surface area (Å²) in [7, 11) is 0. The van der Waals surface area contributed by atoms with E-state index in [4.69, 9.17) is 0 Å². The fourth-order valence-corrected chi connectivity index (χ4v) is 3.78. The maximum Gasteiger partial charge on any atom is 0.0224 e. The molecule has 2 aliphatic heterocycles. The topological polar surface area (TPSA) is 6.48 Å². The highest BCUT2D eigenvalue weighted by atomic mass is 79.9. The Balaban J connectivity index is 1.89. The molecule has 94 valence electrons. The van der Waals surface area contributed by atoms with Crippen LogP contribution in [0.1, 0.15) is 33.1 Å². The van der Waals surface area contributed by atoms with Crippen LogP contribution in [0, 0.1) is 5.92 Å². The third kappa shape index (κ3) is 2.80. The van der Waals surface area contributed by atoms with Gasteiger partial charge in [0.15, 0.2) is 0 Å². The van der Waals surface area contributed by atoms with Gasteiger partial charge in [0, 0.05) is 37.0 Å². The van der Waals surface area contributed by atoms with E-state index in [1.165, 1.54) is 45.4 Å². The summed E-state index contributed by atoms with van der Waals surface area (Å²) in [5.74, 6) is 0.829. The van der Waals surface area contributed by atoms with Gasteiger partial charge in [-0.05, 0) is 32.2 Å². The molecule has 0 radical (unpaired) electrons. The summed E-state index contributed by atoms with van der Waals surface area (Å²) in [6.45, 7) is 9.94. The van der Waals surface area contributed by atoms with Gasteiger partial charge in [-0.15, -0.1) is 0 Å². The zero-order valence-electron chi connectivity index (χ0n) is 10.7. The molecule has 3 heteroatoms. The second-order valence-electron chi connectivity index (χ2n) is 5.52. The number of nitrogens with zero attached hydrogens (tertiary/aromatic N) is 2. The van der Waals surface area contributed by atoms with Crippen molar-refractivity contribution in [3.63, 3.8) is 0 Å². The van der Waals surface area contributed by atoms with Gasteiger partial charge in [0.05, 0.1) is 0 Å². The van der Waals surface area contributed by atoms with E-state index in [1.54, 1.807) is 0 Å². The molecule has 0 saturated carbocycles. The quantitative estimate of drug-likeness (QED) is 0.734. The zero-order chi connectivity index (χ0) is 11.5. The first kappa shape index (κ1) is 12.8. The molecule has 3 unspecified atom stereocenters. The normalized spacial score (nSPS) is 33.9. The highest BCUT2D eigenvalue weighted by Gasteiger charge is 2.34. The van der Waals surface area contributed by atoms with Crippen LogP contribution in [0.25, 0.3) is 0 Å². The summed E-state index contributed by atoms with van der Waals surface area (Å²) in [5.41, 5.74) is 0. The molecule has 2 heterocycles. The highest BCUT2D eigenvalue weighted by Crippen LogP contribution is 2.25. The van der Waals surface area contributed by atoms with Crippen LogP contribution in [-0.4, -0.2) is 53.4 Å². The predicted octanol–water partition coefficient (Wildman–Crippen LogP) is 2.58. The lowest BCUT2D eigenvalue weighted by Crippen LogP contribution is -2.55. The number of hydrogen-bond donors (Lipinski definition) is 0. The van der Waals surface area contributed by atoms with Crippen molar-refractivity contribution in [2.75, 3.05) is 31.5 Å². The Morgan fingerprint density at radius 2 is 2.19 bits per heavy atom. The van der Waals surface area contributed by atoms with Crippen LogP contribution in [0.4, 0.5) is 0 Å². The van der Waals surface area contributed by atoms with Crippen molar-refractivity contribution in [3.8, 4) is 0 Å². The molecule has 2 aliphatic rings. The van der Waals surface area contributed by atoms with Gasteiger partial charge >= 0.3 is 0 Å². The lowest BCUT2D eigenvalue weighted by molar-refractivity contribution is 0.0500. The van der Waals surface area contributed by atoms with Crippen LogP contribution < -0.4 is 0 Å². The van der Waals surface area contributed by atoms with E-state index in [0.717, 1.165) is 23.3 Å². The lowest BCUT2D eigenvalue weighted by Gasteiger charge is -2.43. The Bertz CT molecular complexity index is 216. The summed E-state index contributed by atoms with van der Waals surface area (Å²) in [4.78, 5) is 5.43. The molecule has 0 aliphatic carbocycles. The molecule has 0 aromatic carbocycles. The van der Waals surface area contributed by atoms with Crippen molar-refractivity contribution in [2.45, 2.75) is 45.2 Å². The van der Waals surface area contributed by atoms with E-state index in [9.17, 15) is 0 Å². The molecule has 0 aromatic rings. The Morgan fingerprint density at radius 3 is 2.88 bits per heavy atom. The molecule has 0 aromatic heterocycles. The lowest BCUT2D eigenvalue weighted by atomic mass is 10.0. The summed E-state index contributed by atoms with van der Waals surface area (Å²) >= 11 is 3.64. The minimum absolute atomic E-state index is 0.752. The van der Waals surface area contributed by atoms with E-state index in [2.05, 4.69) is 39.6 Å². The molecule has 2 nitrogen and oxygen atoms in total. The van der Waals surface area contributed by atoms with Gasteiger partial charge < -0.3 is 0 Å². The number of piperazine rings is 1. The van der Waals surface area contributed by atoms with Gasteiger partial charge in [0.2, 0.25) is 0 Å². The fourth-order valence-electron chi connectivity index (χ4n) is 3.12. The SMILES string of the molecule is CCC(CBr)CN1CC2CCCN2CC1C. The average Bonchev–Trinajstić information content (AvgIpc) is 2.72. The van der Waals surface area contributed by atoms with Crippen LogP contribution in [0.3, 0.4) is 0 Å². The van der Waals surface area contributed by atoms with E-state index >= 15 is 0 Å². The molecule has 16 heavy (non-hydrogen) atoms. The summed E-state index contributed by atoms with van der Waals surface area (Å²) < 4.78 is 0. The van der Waals surface area contributed by atoms with Crippen molar-refractivity contribution in [1.29, 1.82) is 0 Å². The van der Waals surface area contributed by atoms with Gasteiger partial charge in [-0.2, -0.15) is 0 Å². The van der Waals surface area contributed by atoms with Gasteiger partial charge in [-0.25, -0.2) is 0 Å². The van der Waals surface area contributed by atoms with Gasteiger partial charge in [0.1, 0.15) is 0 Å². The van der Waals surface area contributed by atoms with Gasteiger partial charge in [-0.1, -0.05) is 29.3 Å². The van der Waals surface area contributed by atoms with Crippen LogP contribution >= 0.6 is 15.9 Å². The Kier molecular flexibility index (Phi) is 4.68. The van der Waals surface area contributed by atoms with E-state index < -0.39 is 0 Å². The second kappa shape index (κ2) is 5.83. The van der Waals surface area contributed by atoms with E-state index in [1.807, 2.05) is 0 Å². The maximum absolute atomic E-state index is 3.64. The first-order valence-electron chi connectivity index (χ1n) is 6.78. The number of halogens is 1. The molecule has 0 spiro atoms. The van der Waals surface area contributed by atoms with Crippen LogP contribution in [0.5, 0.6) is 0 Å². The third-order valence-corrected chi connectivity index (χ3v) is 5.27. The number of alkyl halides is 1. The fraction of sp³-hybridized carbons (Fsp3) is 1.00. The standard InChI is InChI=1S/C13H25BrN2/c1-3-12(7-14)9-16-10-13-5-4-6-15(13)8-11(16)2/h11-13H,3-10H2,1-2H3. The van der Waals surface area contributed by atoms with Crippen molar-refractivity contribution >= 4 is 15.9 Å². The summed E-state index contributed by atoms with van der Waals surface area (Å²) in [5, 5.41) is 1.15. The van der Waals surface area contributed by atoms with Crippen LogP contribution in [0.2, 0.25) is 0 Å². The largest absolute Gasteiger partial charge is 0.298 e. The number of rotatable bonds is 4. The Morgan fingerprint density at radius 1 is 1.38 bits per heavy atom. The molecule has 2 rings (SSSR count). The molecule has 2 fully saturated rings. The predicted molar refractivity (Wildman–Crippen MR) is 73.2 cm³/mol. The zero-order valence-corrected chi connectivity index (χ0v) is 12.2. The Labute approximate surface area is 108 Å². The van der Waals surface area contributed by atoms with Crippen molar-refractivity contribution < 1.29 is 0 Å². The molecule has 2 saturated heterocycles. The molecule has 0 amide bonds. The maximum atomic E-state index is 3.64. The summed E-state index contributed by atoms with van der Waals surface area (Å²) in [6.07, 6.45) is 4.14. The molecule has 0 N–H and O–H groups in total. The second-order valence-corrected chi connectivity index (χ2v) is 6.17. The van der Waals surface area contributed by atoms with Crippen molar-refractivity contribution in [2.24, 2.45) is 5.92 Å².